The van der Waals surface area contributed by atoms with E-state index in [0.717, 1.165) is 17.8 Å². The number of thiazole rings is 1. The van der Waals surface area contributed by atoms with Crippen molar-refractivity contribution in [3.63, 3.8) is 0 Å². The van der Waals surface area contributed by atoms with Crippen LogP contribution in [0, 0.1) is 12.8 Å². The number of anilines is 1. The molecule has 2 heterocycles. The Morgan fingerprint density at radius 2 is 1.80 bits per heavy atom. The van der Waals surface area contributed by atoms with Gasteiger partial charge in [0, 0.05) is 12.5 Å². The predicted molar refractivity (Wildman–Crippen MR) is 157 cm³/mol. The first kappa shape index (κ1) is 29.8. The normalized spacial score (nSPS) is 16.4. The van der Waals surface area contributed by atoms with Crippen LogP contribution in [0.15, 0.2) is 48.0 Å². The molecule has 0 saturated carbocycles. The number of carbonyl (C=O) groups is 3. The zero-order valence-electron chi connectivity index (χ0n) is 24.0. The fourth-order valence-electron chi connectivity index (χ4n) is 4.55. The van der Waals surface area contributed by atoms with Crippen LogP contribution >= 0.6 is 11.3 Å². The first-order chi connectivity index (χ1) is 19.6. The van der Waals surface area contributed by atoms with Crippen LogP contribution < -0.4 is 19.1 Å². The van der Waals surface area contributed by atoms with Gasteiger partial charge in [-0.1, -0.05) is 31.3 Å². The average Bonchev–Trinajstić information content (AvgIpc) is 3.45. The molecule has 0 spiro atoms. The maximum absolute atomic E-state index is 13.5. The van der Waals surface area contributed by atoms with Crippen molar-refractivity contribution >= 4 is 39.7 Å². The van der Waals surface area contributed by atoms with Crippen molar-refractivity contribution < 1.29 is 33.7 Å². The van der Waals surface area contributed by atoms with Gasteiger partial charge in [-0.3, -0.25) is 19.3 Å². The fraction of sp³-hybridized carbons (Fsp3) is 0.355. The Balaban J connectivity index is 1.89. The Labute approximate surface area is 243 Å². The van der Waals surface area contributed by atoms with Crippen LogP contribution in [0.2, 0.25) is 0 Å². The molecule has 1 aliphatic rings. The van der Waals surface area contributed by atoms with Crippen molar-refractivity contribution in [1.82, 2.24) is 4.98 Å². The lowest BCUT2D eigenvalue weighted by Gasteiger charge is -2.24. The number of aryl methyl sites for hydroxylation is 1. The fourth-order valence-corrected chi connectivity index (χ4v) is 5.54. The average molecular weight is 579 g/mol. The van der Waals surface area contributed by atoms with Gasteiger partial charge in [-0.15, -0.1) is 0 Å². The Kier molecular flexibility index (Phi) is 9.12. The molecule has 2 aromatic carbocycles. The second kappa shape index (κ2) is 12.6. The summed E-state index contributed by atoms with van der Waals surface area (Å²) < 4.78 is 17.1. The highest BCUT2D eigenvalue weighted by molar-refractivity contribution is 7.18. The van der Waals surface area contributed by atoms with Crippen LogP contribution in [0.3, 0.4) is 0 Å². The Bertz CT molecular complexity index is 1490. The molecule has 1 unspecified atom stereocenters. The van der Waals surface area contributed by atoms with E-state index in [0.29, 0.717) is 58.1 Å². The largest absolute Gasteiger partial charge is 0.507 e. The summed E-state index contributed by atoms with van der Waals surface area (Å²) in [7, 11) is 1.53. The molecule has 4 rings (SSSR count). The zero-order chi connectivity index (χ0) is 29.8. The SMILES string of the molecule is CCOc1cc(C2C(=C(O)c3ccc(OC)cc3)C(=O)C(=O)N2c2nc(C)c(C(C)=O)s2)ccc1OCCC(C)C. The topological polar surface area (TPSA) is 115 Å². The van der Waals surface area contributed by atoms with Gasteiger partial charge in [0.15, 0.2) is 22.4 Å². The number of methoxy groups -OCH3 is 1. The molecule has 1 atom stereocenters. The number of hydrogen-bond acceptors (Lipinski definition) is 9. The number of aromatic nitrogens is 1. The third kappa shape index (κ3) is 6.12. The summed E-state index contributed by atoms with van der Waals surface area (Å²) in [6.07, 6.45) is 0.858. The first-order valence-electron chi connectivity index (χ1n) is 13.4. The summed E-state index contributed by atoms with van der Waals surface area (Å²) in [6.45, 7) is 10.0. The van der Waals surface area contributed by atoms with Gasteiger partial charge in [-0.25, -0.2) is 4.98 Å². The number of nitrogens with zero attached hydrogens (tertiary/aromatic N) is 2. The van der Waals surface area contributed by atoms with E-state index in [-0.39, 0.29) is 22.2 Å². The van der Waals surface area contributed by atoms with Gasteiger partial charge in [0.2, 0.25) is 0 Å². The minimum absolute atomic E-state index is 0.103. The summed E-state index contributed by atoms with van der Waals surface area (Å²) in [4.78, 5) is 45.4. The van der Waals surface area contributed by atoms with Crippen LogP contribution in [0.25, 0.3) is 5.76 Å². The third-order valence-electron chi connectivity index (χ3n) is 6.66. The highest BCUT2D eigenvalue weighted by atomic mass is 32.1. The van der Waals surface area contributed by atoms with Crippen LogP contribution in [-0.4, -0.2) is 47.9 Å². The van der Waals surface area contributed by atoms with Crippen molar-refractivity contribution in [3.05, 3.63) is 69.7 Å². The molecule has 3 aromatic rings. The van der Waals surface area contributed by atoms with Crippen LogP contribution in [0.5, 0.6) is 17.2 Å². The number of aliphatic hydroxyl groups is 1. The number of carbonyl (C=O) groups excluding carboxylic acids is 3. The number of Topliss-reactive ketones (excluding diaryl/α,β-unsaturated/α-hetero) is 2. The quantitative estimate of drug-likeness (QED) is 0.125. The zero-order valence-corrected chi connectivity index (χ0v) is 24.8. The summed E-state index contributed by atoms with van der Waals surface area (Å²) in [5.41, 5.74) is 1.20. The molecule has 1 aromatic heterocycles. The van der Waals surface area contributed by atoms with Gasteiger partial charge in [-0.2, -0.15) is 0 Å². The van der Waals surface area contributed by atoms with E-state index >= 15 is 0 Å². The van der Waals surface area contributed by atoms with E-state index in [1.165, 1.54) is 18.9 Å². The third-order valence-corrected chi connectivity index (χ3v) is 7.91. The molecule has 0 aliphatic carbocycles. The van der Waals surface area contributed by atoms with E-state index in [1.807, 2.05) is 6.92 Å². The molecule has 216 valence electrons. The van der Waals surface area contributed by atoms with Gasteiger partial charge in [0.05, 0.1) is 42.5 Å². The maximum Gasteiger partial charge on any atom is 0.301 e. The van der Waals surface area contributed by atoms with Gasteiger partial charge >= 0.3 is 5.91 Å². The standard InChI is InChI=1S/C31H34N2O7S/c1-7-39-24-16-21(10-13-23(24)40-15-14-17(2)3)26-25(27(35)20-8-11-22(38-6)12-9-20)28(36)30(37)33(26)31-32-18(4)29(41-31)19(5)34/h8-13,16-17,26,35H,7,14-15H2,1-6H3. The molecule has 0 bridgehead atoms. The highest BCUT2D eigenvalue weighted by Gasteiger charge is 2.48. The highest BCUT2D eigenvalue weighted by Crippen LogP contribution is 2.45. The number of hydrogen-bond donors (Lipinski definition) is 1. The Hall–Kier alpha value is -4.18. The Morgan fingerprint density at radius 3 is 2.39 bits per heavy atom. The van der Waals surface area contributed by atoms with Crippen molar-refractivity contribution in [1.29, 1.82) is 0 Å². The number of benzene rings is 2. The lowest BCUT2D eigenvalue weighted by atomic mass is 9.95. The van der Waals surface area contributed by atoms with Gasteiger partial charge < -0.3 is 19.3 Å². The molecular weight excluding hydrogens is 544 g/mol. The van der Waals surface area contributed by atoms with Gasteiger partial charge in [0.1, 0.15) is 11.5 Å². The summed E-state index contributed by atoms with van der Waals surface area (Å²) in [5.74, 6) is -0.240. The molecule has 1 fully saturated rings. The summed E-state index contributed by atoms with van der Waals surface area (Å²) >= 11 is 1.03. The molecule has 10 heteroatoms. The van der Waals surface area contributed by atoms with Crippen LogP contribution in [0.4, 0.5) is 5.13 Å². The monoisotopic (exact) mass is 578 g/mol. The molecule has 9 nitrogen and oxygen atoms in total. The summed E-state index contributed by atoms with van der Waals surface area (Å²) in [6, 6.07) is 10.7. The van der Waals surface area contributed by atoms with E-state index < -0.39 is 17.7 Å². The van der Waals surface area contributed by atoms with Crippen molar-refractivity contribution in [3.8, 4) is 17.2 Å². The summed E-state index contributed by atoms with van der Waals surface area (Å²) in [5, 5.41) is 11.6. The van der Waals surface area contributed by atoms with Crippen LogP contribution in [0.1, 0.15) is 66.7 Å². The molecule has 1 saturated heterocycles. The minimum Gasteiger partial charge on any atom is -0.507 e. The van der Waals surface area contributed by atoms with Crippen molar-refractivity contribution in [2.45, 2.75) is 47.1 Å². The second-order valence-electron chi connectivity index (χ2n) is 10.0. The van der Waals surface area contributed by atoms with Crippen molar-refractivity contribution in [2.24, 2.45) is 5.92 Å². The van der Waals surface area contributed by atoms with Gasteiger partial charge in [-0.05, 0) is 68.1 Å². The first-order valence-corrected chi connectivity index (χ1v) is 14.2. The number of rotatable bonds is 11. The molecule has 41 heavy (non-hydrogen) atoms. The van der Waals surface area contributed by atoms with E-state index in [9.17, 15) is 19.5 Å². The molecule has 0 radical (unpaired) electrons. The van der Waals surface area contributed by atoms with E-state index in [2.05, 4.69) is 18.8 Å². The molecule has 1 aliphatic heterocycles. The number of amides is 1. The lowest BCUT2D eigenvalue weighted by molar-refractivity contribution is -0.132. The van der Waals surface area contributed by atoms with Gasteiger partial charge in [0.25, 0.3) is 5.78 Å². The second-order valence-corrected chi connectivity index (χ2v) is 11.0. The number of aliphatic hydroxyl groups excluding tert-OH is 1. The molecular formula is C31H34N2O7S. The van der Waals surface area contributed by atoms with E-state index in [4.69, 9.17) is 14.2 Å². The number of ether oxygens (including phenoxy) is 3. The number of ketones is 2. The smallest absolute Gasteiger partial charge is 0.301 e. The maximum atomic E-state index is 13.5. The Morgan fingerprint density at radius 1 is 1.10 bits per heavy atom. The molecule has 1 amide bonds. The van der Waals surface area contributed by atoms with Crippen molar-refractivity contribution in [2.75, 3.05) is 25.2 Å². The predicted octanol–water partition coefficient (Wildman–Crippen LogP) is 6.11. The molecule has 1 N–H and O–H groups in total. The van der Waals surface area contributed by atoms with E-state index in [1.54, 1.807) is 49.4 Å². The minimum atomic E-state index is -1.04. The van der Waals surface area contributed by atoms with Crippen LogP contribution in [-0.2, 0) is 9.59 Å². The lowest BCUT2D eigenvalue weighted by Crippen LogP contribution is -2.29.